The van der Waals surface area contributed by atoms with E-state index in [2.05, 4.69) is 20.1 Å². The Balaban J connectivity index is 1.94. The lowest BCUT2D eigenvalue weighted by Gasteiger charge is -2.16. The van der Waals surface area contributed by atoms with Gasteiger partial charge in [0.1, 0.15) is 11.0 Å². The van der Waals surface area contributed by atoms with Crippen molar-refractivity contribution in [3.8, 4) is 0 Å². The van der Waals surface area contributed by atoms with E-state index < -0.39 is 10.2 Å². The van der Waals surface area contributed by atoms with Gasteiger partial charge >= 0.3 is 10.2 Å². The predicted octanol–water partition coefficient (Wildman–Crippen LogP) is 0.710. The second-order valence-corrected chi connectivity index (χ2v) is 5.88. The molecular formula is C10H13N5O2S. The molecule has 0 bridgehead atoms. The Morgan fingerprint density at radius 2 is 2.00 bits per heavy atom. The fourth-order valence-electron chi connectivity index (χ4n) is 2.08. The Bertz CT molecular complexity index is 660. The van der Waals surface area contributed by atoms with Gasteiger partial charge in [-0.3, -0.25) is 4.72 Å². The fourth-order valence-corrected chi connectivity index (χ4v) is 3.39. The zero-order chi connectivity index (χ0) is 12.6. The summed E-state index contributed by atoms with van der Waals surface area (Å²) in [4.78, 5) is 0. The Hall–Kier alpha value is -1.67. The highest BCUT2D eigenvalue weighted by molar-refractivity contribution is 7.90. The Morgan fingerprint density at radius 1 is 1.22 bits per heavy atom. The molecule has 3 rings (SSSR count). The first-order valence-electron chi connectivity index (χ1n) is 5.74. The predicted molar refractivity (Wildman–Crippen MR) is 67.2 cm³/mol. The second-order valence-electron chi connectivity index (χ2n) is 4.21. The summed E-state index contributed by atoms with van der Waals surface area (Å²) < 4.78 is 28.3. The van der Waals surface area contributed by atoms with E-state index in [1.807, 2.05) is 0 Å². The summed E-state index contributed by atoms with van der Waals surface area (Å²) in [5.41, 5.74) is 1.62. The minimum Gasteiger partial charge on any atom is -0.269 e. The molecule has 96 valence electrons. The third-order valence-electron chi connectivity index (χ3n) is 2.99. The summed E-state index contributed by atoms with van der Waals surface area (Å²) in [6.45, 7) is 1.15. The molecule has 8 heteroatoms. The highest BCUT2D eigenvalue weighted by Gasteiger charge is 2.25. The highest BCUT2D eigenvalue weighted by atomic mass is 32.2. The molecule has 1 aliphatic rings. The molecule has 0 radical (unpaired) electrons. The molecule has 2 N–H and O–H groups in total. The third-order valence-corrected chi connectivity index (χ3v) is 4.51. The number of para-hydroxylation sites is 1. The van der Waals surface area contributed by atoms with E-state index in [0.29, 0.717) is 29.8 Å². The average molecular weight is 267 g/mol. The maximum atomic E-state index is 12.1. The van der Waals surface area contributed by atoms with Crippen molar-refractivity contribution in [1.82, 2.24) is 19.7 Å². The van der Waals surface area contributed by atoms with Crippen molar-refractivity contribution in [3.05, 3.63) is 18.2 Å². The van der Waals surface area contributed by atoms with Gasteiger partial charge in [0.05, 0.1) is 5.69 Å². The first-order chi connectivity index (χ1) is 8.67. The van der Waals surface area contributed by atoms with Crippen LogP contribution in [0.1, 0.15) is 12.8 Å². The third kappa shape index (κ3) is 1.93. The minimum absolute atomic E-state index is 0.452. The van der Waals surface area contributed by atoms with Gasteiger partial charge in [0.25, 0.3) is 0 Å². The van der Waals surface area contributed by atoms with Crippen LogP contribution >= 0.6 is 0 Å². The first kappa shape index (κ1) is 11.4. The zero-order valence-electron chi connectivity index (χ0n) is 9.63. The van der Waals surface area contributed by atoms with Gasteiger partial charge in [-0.2, -0.15) is 28.1 Å². The molecule has 2 aromatic rings. The lowest BCUT2D eigenvalue weighted by Crippen LogP contribution is -2.33. The monoisotopic (exact) mass is 267 g/mol. The van der Waals surface area contributed by atoms with E-state index in [0.717, 1.165) is 12.8 Å². The molecule has 0 saturated carbocycles. The van der Waals surface area contributed by atoms with Crippen molar-refractivity contribution in [1.29, 1.82) is 0 Å². The number of aromatic amines is 1. The summed E-state index contributed by atoms with van der Waals surface area (Å²) in [5, 5.41) is 10.4. The Labute approximate surface area is 104 Å². The molecule has 0 aliphatic carbocycles. The largest absolute Gasteiger partial charge is 0.301 e. The smallest absolute Gasteiger partial charge is 0.269 e. The zero-order valence-corrected chi connectivity index (χ0v) is 10.4. The maximum Gasteiger partial charge on any atom is 0.301 e. The van der Waals surface area contributed by atoms with Crippen LogP contribution in [0.5, 0.6) is 0 Å². The van der Waals surface area contributed by atoms with Gasteiger partial charge < -0.3 is 0 Å². The number of anilines is 1. The second kappa shape index (κ2) is 4.21. The quantitative estimate of drug-likeness (QED) is 0.856. The molecule has 0 amide bonds. The van der Waals surface area contributed by atoms with E-state index in [1.165, 1.54) is 4.31 Å². The van der Waals surface area contributed by atoms with E-state index in [4.69, 9.17) is 0 Å². The number of rotatable bonds is 3. The van der Waals surface area contributed by atoms with Crippen LogP contribution in [0.4, 0.5) is 5.69 Å². The lowest BCUT2D eigenvalue weighted by molar-refractivity contribution is 0.482. The van der Waals surface area contributed by atoms with E-state index in [1.54, 1.807) is 18.2 Å². The van der Waals surface area contributed by atoms with Crippen molar-refractivity contribution in [2.75, 3.05) is 17.8 Å². The van der Waals surface area contributed by atoms with Crippen LogP contribution < -0.4 is 4.72 Å². The van der Waals surface area contributed by atoms with Crippen molar-refractivity contribution < 1.29 is 8.42 Å². The number of hydrogen-bond acceptors (Lipinski definition) is 4. The van der Waals surface area contributed by atoms with Crippen molar-refractivity contribution in [2.45, 2.75) is 12.8 Å². The maximum absolute atomic E-state index is 12.1. The molecule has 1 aromatic carbocycles. The van der Waals surface area contributed by atoms with Crippen LogP contribution in [0.2, 0.25) is 0 Å². The highest BCUT2D eigenvalue weighted by Crippen LogP contribution is 2.22. The molecule has 1 fully saturated rings. The molecular weight excluding hydrogens is 254 g/mol. The molecule has 2 heterocycles. The summed E-state index contributed by atoms with van der Waals surface area (Å²) in [6, 6.07) is 5.19. The average Bonchev–Trinajstić information content (AvgIpc) is 3.00. The summed E-state index contributed by atoms with van der Waals surface area (Å²) in [6.07, 6.45) is 1.82. The number of H-pyrrole nitrogens is 1. The van der Waals surface area contributed by atoms with Crippen LogP contribution in [-0.2, 0) is 10.2 Å². The number of nitrogens with zero attached hydrogens (tertiary/aromatic N) is 3. The van der Waals surface area contributed by atoms with Crippen LogP contribution in [0, 0.1) is 0 Å². The molecule has 1 saturated heterocycles. The molecule has 7 nitrogen and oxygen atoms in total. The molecule has 0 atom stereocenters. The van der Waals surface area contributed by atoms with Crippen LogP contribution in [-0.4, -0.2) is 41.2 Å². The number of benzene rings is 1. The van der Waals surface area contributed by atoms with Crippen molar-refractivity contribution in [3.63, 3.8) is 0 Å². The molecule has 1 aromatic heterocycles. The fraction of sp³-hybridized carbons (Fsp3) is 0.400. The first-order valence-corrected chi connectivity index (χ1v) is 7.18. The molecule has 0 unspecified atom stereocenters. The van der Waals surface area contributed by atoms with Gasteiger partial charge in [-0.05, 0) is 25.0 Å². The van der Waals surface area contributed by atoms with Gasteiger partial charge in [0.2, 0.25) is 0 Å². The molecule has 0 spiro atoms. The Morgan fingerprint density at radius 3 is 2.78 bits per heavy atom. The normalized spacial score (nSPS) is 17.3. The van der Waals surface area contributed by atoms with Crippen LogP contribution in [0.3, 0.4) is 0 Å². The van der Waals surface area contributed by atoms with Crippen molar-refractivity contribution >= 4 is 26.9 Å². The number of nitrogens with one attached hydrogen (secondary N) is 2. The SMILES string of the molecule is O=S(=O)(Nc1cccc2n[nH]nc12)N1CCCC1. The minimum atomic E-state index is -3.48. The van der Waals surface area contributed by atoms with Gasteiger partial charge in [-0.1, -0.05) is 6.07 Å². The van der Waals surface area contributed by atoms with E-state index in [9.17, 15) is 8.42 Å². The number of hydrogen-bond donors (Lipinski definition) is 2. The molecule has 1 aliphatic heterocycles. The number of fused-ring (bicyclic) bond motifs is 1. The van der Waals surface area contributed by atoms with Gasteiger partial charge in [0, 0.05) is 13.1 Å². The number of aromatic nitrogens is 3. The topological polar surface area (TPSA) is 91.0 Å². The molecule has 18 heavy (non-hydrogen) atoms. The van der Waals surface area contributed by atoms with Gasteiger partial charge in [-0.15, -0.1) is 0 Å². The van der Waals surface area contributed by atoms with E-state index >= 15 is 0 Å². The summed E-state index contributed by atoms with van der Waals surface area (Å²) in [5.74, 6) is 0. The van der Waals surface area contributed by atoms with Gasteiger partial charge in [-0.25, -0.2) is 0 Å². The standard InChI is InChI=1S/C10H13N5O2S/c16-18(17,15-6-1-2-7-15)13-9-5-3-4-8-10(9)12-14-11-8/h3-5,13H,1-2,6-7H2,(H,11,12,14). The summed E-state index contributed by atoms with van der Waals surface area (Å²) in [7, 11) is -3.48. The van der Waals surface area contributed by atoms with E-state index in [-0.39, 0.29) is 0 Å². The van der Waals surface area contributed by atoms with Crippen molar-refractivity contribution in [2.24, 2.45) is 0 Å². The lowest BCUT2D eigenvalue weighted by atomic mass is 10.3. The van der Waals surface area contributed by atoms with Crippen LogP contribution in [0.15, 0.2) is 18.2 Å². The Kier molecular flexibility index (Phi) is 2.67. The van der Waals surface area contributed by atoms with Gasteiger partial charge in [0.15, 0.2) is 0 Å². The van der Waals surface area contributed by atoms with Crippen LogP contribution in [0.25, 0.3) is 11.0 Å². The summed E-state index contributed by atoms with van der Waals surface area (Å²) >= 11 is 0.